The van der Waals surface area contributed by atoms with Crippen LogP contribution in [-0.4, -0.2) is 14.3 Å². The van der Waals surface area contributed by atoms with Crippen LogP contribution in [0.1, 0.15) is 12.6 Å². The third-order valence-corrected chi connectivity index (χ3v) is 2.48. The molecule has 0 bridgehead atoms. The van der Waals surface area contributed by atoms with Crippen molar-refractivity contribution in [2.45, 2.75) is 20.0 Å². The van der Waals surface area contributed by atoms with Gasteiger partial charge in [0, 0.05) is 31.7 Å². The first-order valence-electron chi connectivity index (χ1n) is 5.16. The second-order valence-electron chi connectivity index (χ2n) is 3.55. The van der Waals surface area contributed by atoms with Crippen molar-refractivity contribution in [3.8, 4) is 0 Å². The van der Waals surface area contributed by atoms with Crippen molar-refractivity contribution in [2.75, 3.05) is 5.32 Å². The molecule has 0 saturated carbocycles. The van der Waals surface area contributed by atoms with Gasteiger partial charge in [-0.2, -0.15) is 5.10 Å². The summed E-state index contributed by atoms with van der Waals surface area (Å²) in [6.07, 6.45) is 5.92. The molecule has 2 aromatic rings. The van der Waals surface area contributed by atoms with Gasteiger partial charge in [0.1, 0.15) is 0 Å². The highest BCUT2D eigenvalue weighted by atomic mass is 35.5. The van der Waals surface area contributed by atoms with Crippen LogP contribution in [-0.2, 0) is 20.1 Å². The molecule has 0 aliphatic heterocycles. The Hall–Kier alpha value is -1.42. The van der Waals surface area contributed by atoms with Gasteiger partial charge in [0.25, 0.3) is 0 Å². The highest BCUT2D eigenvalue weighted by molar-refractivity contribution is 5.85. The lowest BCUT2D eigenvalue weighted by molar-refractivity contribution is 0.660. The van der Waals surface area contributed by atoms with Crippen molar-refractivity contribution in [3.05, 3.63) is 36.4 Å². The number of nitrogens with zero attached hydrogens (tertiary/aromatic N) is 3. The van der Waals surface area contributed by atoms with E-state index >= 15 is 0 Å². The molecule has 2 heterocycles. The third-order valence-electron chi connectivity index (χ3n) is 2.48. The van der Waals surface area contributed by atoms with Crippen LogP contribution in [0, 0.1) is 0 Å². The molecule has 5 heteroatoms. The number of aryl methyl sites for hydroxylation is 2. The van der Waals surface area contributed by atoms with Crippen molar-refractivity contribution in [1.29, 1.82) is 0 Å². The normalized spacial score (nSPS) is 9.88. The summed E-state index contributed by atoms with van der Waals surface area (Å²) in [5.74, 6) is 0. The molecule has 0 fully saturated rings. The van der Waals surface area contributed by atoms with E-state index in [2.05, 4.69) is 28.0 Å². The second-order valence-corrected chi connectivity index (χ2v) is 3.55. The van der Waals surface area contributed by atoms with E-state index in [4.69, 9.17) is 0 Å². The second kappa shape index (κ2) is 5.61. The number of nitrogens with one attached hydrogen (secondary N) is 1. The molecule has 2 aromatic heterocycles. The number of hydrogen-bond acceptors (Lipinski definition) is 2. The van der Waals surface area contributed by atoms with Gasteiger partial charge in [-0.15, -0.1) is 12.4 Å². The Bertz CT molecular complexity index is 433. The van der Waals surface area contributed by atoms with Gasteiger partial charge in [-0.1, -0.05) is 0 Å². The van der Waals surface area contributed by atoms with E-state index in [1.165, 1.54) is 5.69 Å². The van der Waals surface area contributed by atoms with Gasteiger partial charge in [0.15, 0.2) is 0 Å². The lowest BCUT2D eigenvalue weighted by Crippen LogP contribution is -2.03. The minimum Gasteiger partial charge on any atom is -0.377 e. The van der Waals surface area contributed by atoms with Gasteiger partial charge >= 0.3 is 0 Å². The summed E-state index contributed by atoms with van der Waals surface area (Å²) in [6.45, 7) is 3.82. The van der Waals surface area contributed by atoms with Crippen LogP contribution in [0.4, 0.5) is 5.69 Å². The van der Waals surface area contributed by atoms with Crippen molar-refractivity contribution in [3.63, 3.8) is 0 Å². The van der Waals surface area contributed by atoms with E-state index < -0.39 is 0 Å². The fourth-order valence-electron chi connectivity index (χ4n) is 1.50. The Labute approximate surface area is 102 Å². The number of hydrogen-bond donors (Lipinski definition) is 1. The molecule has 0 spiro atoms. The molecule has 0 aromatic carbocycles. The Morgan fingerprint density at radius 3 is 2.81 bits per heavy atom. The van der Waals surface area contributed by atoms with Gasteiger partial charge in [0.05, 0.1) is 18.4 Å². The van der Waals surface area contributed by atoms with E-state index in [1.54, 1.807) is 0 Å². The zero-order chi connectivity index (χ0) is 10.7. The summed E-state index contributed by atoms with van der Waals surface area (Å²) in [5, 5.41) is 7.54. The molecule has 1 N–H and O–H groups in total. The first-order valence-corrected chi connectivity index (χ1v) is 5.16. The predicted octanol–water partition coefficient (Wildman–Crippen LogP) is 2.28. The topological polar surface area (TPSA) is 34.8 Å². The summed E-state index contributed by atoms with van der Waals surface area (Å²) in [7, 11) is 2.05. The maximum atomic E-state index is 4.20. The predicted molar refractivity (Wildman–Crippen MR) is 67.9 cm³/mol. The molecular weight excluding hydrogens is 224 g/mol. The zero-order valence-corrected chi connectivity index (χ0v) is 10.4. The van der Waals surface area contributed by atoms with Crippen LogP contribution in [0.25, 0.3) is 0 Å². The van der Waals surface area contributed by atoms with Gasteiger partial charge < -0.3 is 9.88 Å². The maximum absolute atomic E-state index is 4.20. The molecule has 0 atom stereocenters. The fraction of sp³-hybridized carbons (Fsp3) is 0.364. The van der Waals surface area contributed by atoms with E-state index in [-0.39, 0.29) is 12.4 Å². The quantitative estimate of drug-likeness (QED) is 0.890. The Morgan fingerprint density at radius 1 is 1.44 bits per heavy atom. The van der Waals surface area contributed by atoms with Crippen LogP contribution < -0.4 is 5.32 Å². The number of aromatic nitrogens is 3. The lowest BCUT2D eigenvalue weighted by atomic mass is 10.4. The fourth-order valence-corrected chi connectivity index (χ4v) is 1.50. The van der Waals surface area contributed by atoms with E-state index in [9.17, 15) is 0 Å². The smallest absolute Gasteiger partial charge is 0.0729 e. The molecule has 0 unspecified atom stereocenters. The molecule has 0 saturated heterocycles. The van der Waals surface area contributed by atoms with E-state index in [0.29, 0.717) is 0 Å². The van der Waals surface area contributed by atoms with E-state index in [0.717, 1.165) is 18.8 Å². The van der Waals surface area contributed by atoms with Crippen molar-refractivity contribution in [2.24, 2.45) is 7.05 Å². The molecule has 0 aliphatic carbocycles. The first-order chi connectivity index (χ1) is 7.29. The number of anilines is 1. The molecule has 0 radical (unpaired) electrons. The van der Waals surface area contributed by atoms with Crippen LogP contribution >= 0.6 is 12.4 Å². The highest BCUT2D eigenvalue weighted by Gasteiger charge is 1.99. The van der Waals surface area contributed by atoms with Gasteiger partial charge in [0.2, 0.25) is 0 Å². The molecular formula is C11H17ClN4. The van der Waals surface area contributed by atoms with Crippen molar-refractivity contribution in [1.82, 2.24) is 14.3 Å². The summed E-state index contributed by atoms with van der Waals surface area (Å²) < 4.78 is 4.02. The zero-order valence-electron chi connectivity index (χ0n) is 9.55. The largest absolute Gasteiger partial charge is 0.377 e. The Morgan fingerprint density at radius 2 is 2.25 bits per heavy atom. The average molecular weight is 241 g/mol. The van der Waals surface area contributed by atoms with E-state index in [1.807, 2.05) is 36.4 Å². The third kappa shape index (κ3) is 2.79. The molecule has 16 heavy (non-hydrogen) atoms. The Balaban J connectivity index is 0.00000128. The molecule has 4 nitrogen and oxygen atoms in total. The van der Waals surface area contributed by atoms with Gasteiger partial charge in [-0.3, -0.25) is 4.68 Å². The maximum Gasteiger partial charge on any atom is 0.0729 e. The lowest BCUT2D eigenvalue weighted by Gasteiger charge is -2.04. The summed E-state index contributed by atoms with van der Waals surface area (Å²) in [5.41, 5.74) is 2.33. The van der Waals surface area contributed by atoms with Gasteiger partial charge in [-0.25, -0.2) is 0 Å². The summed E-state index contributed by atoms with van der Waals surface area (Å²) in [4.78, 5) is 0. The number of rotatable bonds is 4. The molecule has 0 amide bonds. The number of halogens is 1. The van der Waals surface area contributed by atoms with Crippen LogP contribution in [0.15, 0.2) is 30.7 Å². The van der Waals surface area contributed by atoms with Crippen molar-refractivity contribution >= 4 is 18.1 Å². The van der Waals surface area contributed by atoms with Crippen LogP contribution in [0.3, 0.4) is 0 Å². The standard InChI is InChI=1S/C11H16N4.ClH/c1-3-15-9-10(7-13-15)12-8-11-5-4-6-14(11)2;/h4-7,9,12H,3,8H2,1-2H3;1H. The summed E-state index contributed by atoms with van der Waals surface area (Å²) in [6, 6.07) is 4.16. The SMILES string of the molecule is CCn1cc(NCc2cccn2C)cn1.Cl. The molecule has 88 valence electrons. The Kier molecular flexibility index (Phi) is 4.43. The van der Waals surface area contributed by atoms with Crippen molar-refractivity contribution < 1.29 is 0 Å². The molecule has 0 aliphatic rings. The minimum absolute atomic E-state index is 0. The molecule has 2 rings (SSSR count). The monoisotopic (exact) mass is 240 g/mol. The minimum atomic E-state index is 0. The highest BCUT2D eigenvalue weighted by Crippen LogP contribution is 2.07. The van der Waals surface area contributed by atoms with Crippen LogP contribution in [0.2, 0.25) is 0 Å². The van der Waals surface area contributed by atoms with Gasteiger partial charge in [-0.05, 0) is 19.1 Å². The summed E-state index contributed by atoms with van der Waals surface area (Å²) >= 11 is 0. The van der Waals surface area contributed by atoms with Crippen LogP contribution in [0.5, 0.6) is 0 Å². The first kappa shape index (κ1) is 12.6. The average Bonchev–Trinajstić information content (AvgIpc) is 2.84.